The molecule has 1 aromatic heterocycles. The second-order valence-corrected chi connectivity index (χ2v) is 7.24. The maximum absolute atomic E-state index is 11.7. The fourth-order valence-corrected chi connectivity index (χ4v) is 3.69. The lowest BCUT2D eigenvalue weighted by Gasteiger charge is -2.35. The molecule has 0 amide bonds. The molecular formula is C16H25NO3S. The lowest BCUT2D eigenvalue weighted by atomic mass is 9.79. The molecule has 0 bridgehead atoms. The van der Waals surface area contributed by atoms with E-state index in [0.29, 0.717) is 26.0 Å². The zero-order valence-corrected chi connectivity index (χ0v) is 13.7. The molecule has 1 saturated carbocycles. The molecule has 1 fully saturated rings. The smallest absolute Gasteiger partial charge is 0.308 e. The molecule has 118 valence electrons. The molecule has 21 heavy (non-hydrogen) atoms. The standard InChI is InChI=1S/C16H25NO3S/c1-3-20-15(18)13-6-8-16(19,9-7-13)11-17-10-14-5-4-12(2)21-14/h4-5,13,17,19H,3,6-11H2,1-2H3. The molecule has 0 aromatic carbocycles. The number of rotatable bonds is 6. The lowest BCUT2D eigenvalue weighted by molar-refractivity contribution is -0.151. The van der Waals surface area contributed by atoms with Crippen LogP contribution in [0.5, 0.6) is 0 Å². The van der Waals surface area contributed by atoms with Crippen molar-refractivity contribution < 1.29 is 14.6 Å². The third-order valence-electron chi connectivity index (χ3n) is 4.09. The Kier molecular flexibility index (Phi) is 5.79. The Morgan fingerprint density at radius 3 is 2.76 bits per heavy atom. The minimum Gasteiger partial charge on any atom is -0.466 e. The highest BCUT2D eigenvalue weighted by atomic mass is 32.1. The first-order valence-electron chi connectivity index (χ1n) is 7.67. The van der Waals surface area contributed by atoms with Gasteiger partial charge in [0.2, 0.25) is 0 Å². The van der Waals surface area contributed by atoms with Gasteiger partial charge in [-0.3, -0.25) is 4.79 Å². The molecule has 0 atom stereocenters. The molecule has 0 saturated heterocycles. The van der Waals surface area contributed by atoms with Gasteiger partial charge in [0.25, 0.3) is 0 Å². The van der Waals surface area contributed by atoms with Crippen molar-refractivity contribution in [1.82, 2.24) is 5.32 Å². The van der Waals surface area contributed by atoms with Crippen LogP contribution in [0, 0.1) is 12.8 Å². The average molecular weight is 311 g/mol. The number of carbonyl (C=O) groups excluding carboxylic acids is 1. The van der Waals surface area contributed by atoms with Crippen LogP contribution >= 0.6 is 11.3 Å². The molecule has 4 nitrogen and oxygen atoms in total. The summed E-state index contributed by atoms with van der Waals surface area (Å²) in [5.41, 5.74) is -0.685. The highest BCUT2D eigenvalue weighted by Gasteiger charge is 2.35. The van der Waals surface area contributed by atoms with Gasteiger partial charge < -0.3 is 15.2 Å². The molecule has 1 aliphatic carbocycles. The quantitative estimate of drug-likeness (QED) is 0.793. The second-order valence-electron chi connectivity index (χ2n) is 5.87. The van der Waals surface area contributed by atoms with Crippen LogP contribution < -0.4 is 5.32 Å². The van der Waals surface area contributed by atoms with E-state index < -0.39 is 5.60 Å². The van der Waals surface area contributed by atoms with E-state index >= 15 is 0 Å². The van der Waals surface area contributed by atoms with E-state index in [4.69, 9.17) is 4.74 Å². The third kappa shape index (κ3) is 4.80. The van der Waals surface area contributed by atoms with Crippen molar-refractivity contribution in [3.63, 3.8) is 0 Å². The Labute approximate surface area is 130 Å². The number of carbonyl (C=O) groups is 1. The first-order chi connectivity index (χ1) is 10.0. The fraction of sp³-hybridized carbons (Fsp3) is 0.688. The Balaban J connectivity index is 1.73. The predicted molar refractivity (Wildman–Crippen MR) is 84.3 cm³/mol. The summed E-state index contributed by atoms with van der Waals surface area (Å²) < 4.78 is 5.06. The van der Waals surface area contributed by atoms with Crippen molar-refractivity contribution in [2.75, 3.05) is 13.2 Å². The summed E-state index contributed by atoms with van der Waals surface area (Å²) in [4.78, 5) is 14.3. The molecule has 0 spiro atoms. The third-order valence-corrected chi connectivity index (χ3v) is 5.09. The van der Waals surface area contributed by atoms with Crippen molar-refractivity contribution in [3.8, 4) is 0 Å². The fourth-order valence-electron chi connectivity index (χ4n) is 2.83. The van der Waals surface area contributed by atoms with Crippen LogP contribution in [0.3, 0.4) is 0 Å². The lowest BCUT2D eigenvalue weighted by Crippen LogP contribution is -2.44. The number of aliphatic hydroxyl groups is 1. The monoisotopic (exact) mass is 311 g/mol. The molecule has 0 radical (unpaired) electrons. The van der Waals surface area contributed by atoms with Gasteiger partial charge in [-0.2, -0.15) is 0 Å². The molecule has 1 aromatic rings. The number of ether oxygens (including phenoxy) is 1. The van der Waals surface area contributed by atoms with Gasteiger partial charge in [-0.1, -0.05) is 0 Å². The van der Waals surface area contributed by atoms with Crippen LogP contribution in [-0.2, 0) is 16.1 Å². The molecular weight excluding hydrogens is 286 g/mol. The summed E-state index contributed by atoms with van der Waals surface area (Å²) in [6.07, 6.45) is 2.75. The molecule has 0 unspecified atom stereocenters. The Hall–Kier alpha value is -0.910. The van der Waals surface area contributed by atoms with Gasteiger partial charge >= 0.3 is 5.97 Å². The van der Waals surface area contributed by atoms with Crippen molar-refractivity contribution in [2.24, 2.45) is 5.92 Å². The topological polar surface area (TPSA) is 58.6 Å². The van der Waals surface area contributed by atoms with Gasteiger partial charge in [-0.15, -0.1) is 11.3 Å². The van der Waals surface area contributed by atoms with E-state index in [9.17, 15) is 9.90 Å². The molecule has 1 aliphatic rings. The zero-order chi connectivity index (χ0) is 15.3. The summed E-state index contributed by atoms with van der Waals surface area (Å²) in [5, 5.41) is 13.9. The summed E-state index contributed by atoms with van der Waals surface area (Å²) >= 11 is 1.78. The zero-order valence-electron chi connectivity index (χ0n) is 12.9. The Morgan fingerprint density at radius 1 is 1.48 bits per heavy atom. The van der Waals surface area contributed by atoms with Crippen molar-refractivity contribution in [3.05, 3.63) is 21.9 Å². The van der Waals surface area contributed by atoms with E-state index in [2.05, 4.69) is 24.4 Å². The van der Waals surface area contributed by atoms with Gasteiger partial charge in [0.1, 0.15) is 0 Å². The van der Waals surface area contributed by atoms with Gasteiger partial charge in [0.05, 0.1) is 18.1 Å². The molecule has 0 aliphatic heterocycles. The maximum atomic E-state index is 11.7. The number of esters is 1. The van der Waals surface area contributed by atoms with Gasteiger partial charge in [0, 0.05) is 22.8 Å². The minimum absolute atomic E-state index is 0.0369. The first-order valence-corrected chi connectivity index (χ1v) is 8.49. The van der Waals surface area contributed by atoms with E-state index in [1.807, 2.05) is 6.92 Å². The van der Waals surface area contributed by atoms with Crippen LogP contribution in [0.4, 0.5) is 0 Å². The number of aryl methyl sites for hydroxylation is 1. The summed E-state index contributed by atoms with van der Waals surface area (Å²) in [6, 6.07) is 4.23. The molecule has 1 heterocycles. The largest absolute Gasteiger partial charge is 0.466 e. The minimum atomic E-state index is -0.685. The van der Waals surface area contributed by atoms with Crippen LogP contribution in [-0.4, -0.2) is 29.8 Å². The Bertz CT molecular complexity index is 464. The average Bonchev–Trinajstić information content (AvgIpc) is 2.85. The first kappa shape index (κ1) is 16.5. The van der Waals surface area contributed by atoms with E-state index in [-0.39, 0.29) is 11.9 Å². The van der Waals surface area contributed by atoms with Crippen LogP contribution in [0.15, 0.2) is 12.1 Å². The van der Waals surface area contributed by atoms with Crippen molar-refractivity contribution in [2.45, 2.75) is 51.7 Å². The van der Waals surface area contributed by atoms with Crippen LogP contribution in [0.1, 0.15) is 42.4 Å². The summed E-state index contributed by atoms with van der Waals surface area (Å²) in [7, 11) is 0. The predicted octanol–water partition coefficient (Wildman–Crippen LogP) is 2.63. The van der Waals surface area contributed by atoms with Gasteiger partial charge in [-0.25, -0.2) is 0 Å². The number of hydrogen-bond donors (Lipinski definition) is 2. The maximum Gasteiger partial charge on any atom is 0.308 e. The normalized spacial score (nSPS) is 25.8. The highest BCUT2D eigenvalue weighted by Crippen LogP contribution is 2.32. The summed E-state index contributed by atoms with van der Waals surface area (Å²) in [6.45, 7) is 5.73. The van der Waals surface area contributed by atoms with E-state index in [0.717, 1.165) is 19.4 Å². The highest BCUT2D eigenvalue weighted by molar-refractivity contribution is 7.11. The number of hydrogen-bond acceptors (Lipinski definition) is 5. The van der Waals surface area contributed by atoms with Gasteiger partial charge in [-0.05, 0) is 51.7 Å². The second kappa shape index (κ2) is 7.38. The summed E-state index contributed by atoms with van der Waals surface area (Å²) in [5.74, 6) is -0.147. The Morgan fingerprint density at radius 2 is 2.19 bits per heavy atom. The molecule has 2 N–H and O–H groups in total. The van der Waals surface area contributed by atoms with Gasteiger partial charge in [0.15, 0.2) is 0 Å². The number of thiophene rings is 1. The van der Waals surface area contributed by atoms with Crippen LogP contribution in [0.25, 0.3) is 0 Å². The molecule has 2 rings (SSSR count). The number of nitrogens with one attached hydrogen (secondary N) is 1. The van der Waals surface area contributed by atoms with Crippen LogP contribution in [0.2, 0.25) is 0 Å². The van der Waals surface area contributed by atoms with Crippen molar-refractivity contribution in [1.29, 1.82) is 0 Å². The SMILES string of the molecule is CCOC(=O)C1CCC(O)(CNCc2ccc(C)s2)CC1. The van der Waals surface area contributed by atoms with E-state index in [1.165, 1.54) is 9.75 Å². The van der Waals surface area contributed by atoms with E-state index in [1.54, 1.807) is 11.3 Å². The molecule has 5 heteroatoms. The van der Waals surface area contributed by atoms with Crippen molar-refractivity contribution >= 4 is 17.3 Å².